The van der Waals surface area contributed by atoms with E-state index in [1.54, 1.807) is 43.3 Å². The Balaban J connectivity index is 1.63. The predicted molar refractivity (Wildman–Crippen MR) is 90.8 cm³/mol. The summed E-state index contributed by atoms with van der Waals surface area (Å²) in [6.07, 6.45) is 2.47. The van der Waals surface area contributed by atoms with Crippen molar-refractivity contribution in [1.29, 1.82) is 0 Å². The summed E-state index contributed by atoms with van der Waals surface area (Å²) in [5, 5.41) is 11.8. The van der Waals surface area contributed by atoms with Crippen molar-refractivity contribution in [2.45, 2.75) is 19.8 Å². The van der Waals surface area contributed by atoms with Crippen LogP contribution in [0.4, 0.5) is 5.69 Å². The number of nitrogens with one attached hydrogen (secondary N) is 1. The van der Waals surface area contributed by atoms with E-state index in [1.807, 2.05) is 0 Å². The highest BCUT2D eigenvalue weighted by atomic mass is 16.5. The number of carbonyl (C=O) groups is 2. The fourth-order valence-corrected chi connectivity index (χ4v) is 2.39. The molecule has 1 aliphatic carbocycles. The summed E-state index contributed by atoms with van der Waals surface area (Å²) in [7, 11) is 0. The van der Waals surface area contributed by atoms with Gasteiger partial charge in [-0.15, -0.1) is 0 Å². The lowest BCUT2D eigenvalue weighted by atomic mass is 10.1. The number of carboxylic acid groups (broad SMARTS) is 1. The fraction of sp³-hybridized carbons (Fsp3) is 0.263. The molecule has 0 aliphatic heterocycles. The van der Waals surface area contributed by atoms with E-state index in [9.17, 15) is 9.59 Å². The molecule has 1 aliphatic rings. The number of carboxylic acids is 1. The average molecular weight is 325 g/mol. The van der Waals surface area contributed by atoms with Crippen molar-refractivity contribution >= 4 is 17.6 Å². The van der Waals surface area contributed by atoms with Crippen LogP contribution in [0.3, 0.4) is 0 Å². The Hall–Kier alpha value is -2.82. The van der Waals surface area contributed by atoms with Gasteiger partial charge < -0.3 is 15.2 Å². The normalized spacial score (nSPS) is 13.4. The summed E-state index contributed by atoms with van der Waals surface area (Å²) < 4.78 is 5.65. The van der Waals surface area contributed by atoms with Crippen LogP contribution in [0.15, 0.2) is 42.5 Å². The third-order valence-electron chi connectivity index (χ3n) is 4.01. The van der Waals surface area contributed by atoms with E-state index < -0.39 is 5.97 Å². The topological polar surface area (TPSA) is 75.6 Å². The standard InChI is InChI=1S/C19H19NO4/c1-12-10-15(6-9-17(12)19(22)23)20-18(21)14-4-7-16(8-5-14)24-11-13-2-3-13/h4-10,13H,2-3,11H2,1H3,(H,20,21)(H,22,23). The minimum atomic E-state index is -0.979. The molecule has 2 aromatic carbocycles. The minimum Gasteiger partial charge on any atom is -0.493 e. The maximum atomic E-state index is 12.3. The van der Waals surface area contributed by atoms with Crippen LogP contribution in [0.25, 0.3) is 0 Å². The monoisotopic (exact) mass is 325 g/mol. The Morgan fingerprint density at radius 3 is 2.46 bits per heavy atom. The average Bonchev–Trinajstić information content (AvgIpc) is 3.37. The molecule has 2 N–H and O–H groups in total. The second-order valence-corrected chi connectivity index (χ2v) is 6.07. The molecule has 5 nitrogen and oxygen atoms in total. The first kappa shape index (κ1) is 16.1. The smallest absolute Gasteiger partial charge is 0.335 e. The molecule has 0 saturated heterocycles. The molecule has 1 saturated carbocycles. The highest BCUT2D eigenvalue weighted by molar-refractivity contribution is 6.04. The van der Waals surface area contributed by atoms with Crippen LogP contribution in [-0.4, -0.2) is 23.6 Å². The number of amides is 1. The van der Waals surface area contributed by atoms with Crippen molar-refractivity contribution in [3.8, 4) is 5.75 Å². The van der Waals surface area contributed by atoms with Crippen molar-refractivity contribution in [2.75, 3.05) is 11.9 Å². The van der Waals surface area contributed by atoms with Crippen LogP contribution < -0.4 is 10.1 Å². The molecule has 24 heavy (non-hydrogen) atoms. The van der Waals surface area contributed by atoms with Crippen LogP contribution in [-0.2, 0) is 0 Å². The van der Waals surface area contributed by atoms with Gasteiger partial charge in [0, 0.05) is 11.3 Å². The predicted octanol–water partition coefficient (Wildman–Crippen LogP) is 3.73. The highest BCUT2D eigenvalue weighted by Crippen LogP contribution is 2.29. The van der Waals surface area contributed by atoms with Gasteiger partial charge in [-0.05, 0) is 73.7 Å². The number of rotatable bonds is 6. The number of hydrogen-bond acceptors (Lipinski definition) is 3. The van der Waals surface area contributed by atoms with Crippen LogP contribution in [0.1, 0.15) is 39.1 Å². The van der Waals surface area contributed by atoms with Crippen molar-refractivity contribution in [3.63, 3.8) is 0 Å². The summed E-state index contributed by atoms with van der Waals surface area (Å²) in [6.45, 7) is 2.44. The molecule has 0 radical (unpaired) electrons. The molecule has 0 bridgehead atoms. The van der Waals surface area contributed by atoms with Crippen LogP contribution in [0.5, 0.6) is 5.75 Å². The van der Waals surface area contributed by atoms with E-state index in [4.69, 9.17) is 9.84 Å². The lowest BCUT2D eigenvalue weighted by molar-refractivity contribution is 0.0696. The maximum Gasteiger partial charge on any atom is 0.335 e. The van der Waals surface area contributed by atoms with E-state index in [0.29, 0.717) is 22.7 Å². The molecule has 1 amide bonds. The van der Waals surface area contributed by atoms with Gasteiger partial charge in [0.2, 0.25) is 0 Å². The molecule has 124 valence electrons. The SMILES string of the molecule is Cc1cc(NC(=O)c2ccc(OCC3CC3)cc2)ccc1C(=O)O. The second-order valence-electron chi connectivity index (χ2n) is 6.07. The van der Waals surface area contributed by atoms with Crippen molar-refractivity contribution < 1.29 is 19.4 Å². The number of ether oxygens (including phenoxy) is 1. The number of aromatic carboxylic acids is 1. The molecule has 3 rings (SSSR count). The first-order valence-corrected chi connectivity index (χ1v) is 7.91. The Morgan fingerprint density at radius 1 is 1.17 bits per heavy atom. The largest absolute Gasteiger partial charge is 0.493 e. The molecule has 5 heteroatoms. The van der Waals surface area contributed by atoms with Gasteiger partial charge in [0.05, 0.1) is 12.2 Å². The zero-order valence-corrected chi connectivity index (χ0v) is 13.4. The van der Waals surface area contributed by atoms with E-state index in [-0.39, 0.29) is 11.5 Å². The van der Waals surface area contributed by atoms with Crippen molar-refractivity contribution in [1.82, 2.24) is 0 Å². The van der Waals surface area contributed by atoms with Gasteiger partial charge in [0.25, 0.3) is 5.91 Å². The molecule has 1 fully saturated rings. The fourth-order valence-electron chi connectivity index (χ4n) is 2.39. The third-order valence-corrected chi connectivity index (χ3v) is 4.01. The van der Waals surface area contributed by atoms with Crippen molar-refractivity contribution in [3.05, 3.63) is 59.2 Å². The first-order chi connectivity index (χ1) is 11.5. The summed E-state index contributed by atoms with van der Waals surface area (Å²) >= 11 is 0. The molecular formula is C19H19NO4. The summed E-state index contributed by atoms with van der Waals surface area (Å²) in [5.74, 6) is 0.225. The number of hydrogen-bond donors (Lipinski definition) is 2. The first-order valence-electron chi connectivity index (χ1n) is 7.91. The molecule has 0 atom stereocenters. The molecular weight excluding hydrogens is 306 g/mol. The lowest BCUT2D eigenvalue weighted by Gasteiger charge is -2.09. The van der Waals surface area contributed by atoms with Gasteiger partial charge in [0.15, 0.2) is 0 Å². The summed E-state index contributed by atoms with van der Waals surface area (Å²) in [5.41, 5.74) is 1.92. The number of benzene rings is 2. The van der Waals surface area contributed by atoms with E-state index in [0.717, 1.165) is 12.4 Å². The van der Waals surface area contributed by atoms with E-state index in [1.165, 1.54) is 18.9 Å². The lowest BCUT2D eigenvalue weighted by Crippen LogP contribution is -2.12. The minimum absolute atomic E-state index is 0.227. The highest BCUT2D eigenvalue weighted by Gasteiger charge is 2.21. The van der Waals surface area contributed by atoms with Gasteiger partial charge >= 0.3 is 5.97 Å². The Bertz CT molecular complexity index is 763. The molecule has 0 spiro atoms. The Kier molecular flexibility index (Phi) is 4.51. The zero-order chi connectivity index (χ0) is 17.1. The van der Waals surface area contributed by atoms with Gasteiger partial charge in [-0.1, -0.05) is 0 Å². The quantitative estimate of drug-likeness (QED) is 0.848. The molecule has 2 aromatic rings. The maximum absolute atomic E-state index is 12.3. The Morgan fingerprint density at radius 2 is 1.88 bits per heavy atom. The van der Waals surface area contributed by atoms with Gasteiger partial charge in [-0.3, -0.25) is 4.79 Å². The van der Waals surface area contributed by atoms with Crippen LogP contribution in [0, 0.1) is 12.8 Å². The summed E-state index contributed by atoms with van der Waals surface area (Å²) in [4.78, 5) is 23.3. The second kappa shape index (κ2) is 6.74. The van der Waals surface area contributed by atoms with E-state index in [2.05, 4.69) is 5.32 Å². The van der Waals surface area contributed by atoms with E-state index >= 15 is 0 Å². The third kappa shape index (κ3) is 3.93. The van der Waals surface area contributed by atoms with Gasteiger partial charge in [-0.2, -0.15) is 0 Å². The molecule has 0 aromatic heterocycles. The Labute approximate surface area is 140 Å². The molecule has 0 heterocycles. The summed E-state index contributed by atoms with van der Waals surface area (Å²) in [6, 6.07) is 11.7. The van der Waals surface area contributed by atoms with Crippen LogP contribution in [0.2, 0.25) is 0 Å². The number of carbonyl (C=O) groups excluding carboxylic acids is 1. The number of aryl methyl sites for hydroxylation is 1. The molecule has 0 unspecified atom stereocenters. The van der Waals surface area contributed by atoms with Gasteiger partial charge in [-0.25, -0.2) is 4.79 Å². The van der Waals surface area contributed by atoms with Crippen LogP contribution >= 0.6 is 0 Å². The zero-order valence-electron chi connectivity index (χ0n) is 13.4. The van der Waals surface area contributed by atoms with Gasteiger partial charge in [0.1, 0.15) is 5.75 Å². The number of anilines is 1. The van der Waals surface area contributed by atoms with Crippen molar-refractivity contribution in [2.24, 2.45) is 5.92 Å².